The Balaban J connectivity index is 2.84. The van der Waals surface area contributed by atoms with E-state index in [-0.39, 0.29) is 3.66 Å². The van der Waals surface area contributed by atoms with Crippen LogP contribution in [0.2, 0.25) is 0 Å². The third-order valence-corrected chi connectivity index (χ3v) is 3.27. The fourth-order valence-electron chi connectivity index (χ4n) is 0.967. The maximum atomic E-state index is 4.44. The van der Waals surface area contributed by atoms with Gasteiger partial charge in [-0.3, -0.25) is 0 Å². The first-order valence-corrected chi connectivity index (χ1v) is 4.55. The lowest BCUT2D eigenvalue weighted by molar-refractivity contribution is 0.719. The van der Waals surface area contributed by atoms with Crippen molar-refractivity contribution in [2.45, 2.75) is 17.5 Å². The summed E-state index contributed by atoms with van der Waals surface area (Å²) in [7, 11) is 0. The monoisotopic (exact) mass is 218 g/mol. The zero-order chi connectivity index (χ0) is 7.78. The molecule has 0 radical (unpaired) electrons. The Bertz CT molecular complexity index is 191. The SMILES string of the molecule is CC1=CC(C)C(S)(Br)C=C1. The van der Waals surface area contributed by atoms with E-state index in [4.69, 9.17) is 0 Å². The van der Waals surface area contributed by atoms with Crippen LogP contribution >= 0.6 is 28.6 Å². The van der Waals surface area contributed by atoms with E-state index in [0.29, 0.717) is 5.92 Å². The van der Waals surface area contributed by atoms with Gasteiger partial charge in [0.25, 0.3) is 0 Å². The highest BCUT2D eigenvalue weighted by atomic mass is 79.9. The van der Waals surface area contributed by atoms with Crippen molar-refractivity contribution in [1.29, 1.82) is 0 Å². The molecule has 1 aliphatic carbocycles. The standard InChI is InChI=1S/C8H11BrS/c1-6-3-4-8(9,10)7(2)5-6/h3-5,7,10H,1-2H3. The third kappa shape index (κ3) is 1.67. The quantitative estimate of drug-likeness (QED) is 0.469. The van der Waals surface area contributed by atoms with Gasteiger partial charge in [-0.05, 0) is 6.92 Å². The maximum Gasteiger partial charge on any atom is 0.0922 e. The van der Waals surface area contributed by atoms with Gasteiger partial charge in [-0.1, -0.05) is 46.7 Å². The lowest BCUT2D eigenvalue weighted by Crippen LogP contribution is -2.20. The summed E-state index contributed by atoms with van der Waals surface area (Å²) < 4.78 is -0.132. The molecule has 0 spiro atoms. The lowest BCUT2D eigenvalue weighted by Gasteiger charge is -2.26. The van der Waals surface area contributed by atoms with Crippen LogP contribution in [0.5, 0.6) is 0 Å². The van der Waals surface area contributed by atoms with Crippen LogP contribution in [0, 0.1) is 5.92 Å². The average molecular weight is 219 g/mol. The first-order valence-electron chi connectivity index (χ1n) is 3.31. The van der Waals surface area contributed by atoms with E-state index >= 15 is 0 Å². The highest BCUT2D eigenvalue weighted by Crippen LogP contribution is 2.37. The summed E-state index contributed by atoms with van der Waals surface area (Å²) >= 11 is 7.96. The van der Waals surface area contributed by atoms with Gasteiger partial charge in [0.05, 0.1) is 3.66 Å². The molecule has 2 atom stereocenters. The van der Waals surface area contributed by atoms with Crippen LogP contribution in [-0.4, -0.2) is 3.66 Å². The molecule has 0 bridgehead atoms. The van der Waals surface area contributed by atoms with E-state index in [1.54, 1.807) is 0 Å². The minimum Gasteiger partial charge on any atom is -0.156 e. The molecule has 2 unspecified atom stereocenters. The summed E-state index contributed by atoms with van der Waals surface area (Å²) in [5.41, 5.74) is 1.32. The van der Waals surface area contributed by atoms with Gasteiger partial charge in [-0.25, -0.2) is 0 Å². The number of allylic oxidation sites excluding steroid dienone is 3. The van der Waals surface area contributed by atoms with Crippen LogP contribution in [0.4, 0.5) is 0 Å². The van der Waals surface area contributed by atoms with Crippen molar-refractivity contribution < 1.29 is 0 Å². The first kappa shape index (κ1) is 8.41. The number of hydrogen-bond donors (Lipinski definition) is 1. The topological polar surface area (TPSA) is 0 Å². The molecule has 1 aliphatic rings. The molecule has 0 aromatic heterocycles. The number of thiol groups is 1. The van der Waals surface area contributed by atoms with Gasteiger partial charge in [-0.15, -0.1) is 0 Å². The number of hydrogen-bond acceptors (Lipinski definition) is 1. The Morgan fingerprint density at radius 2 is 2.30 bits per heavy atom. The predicted molar refractivity (Wildman–Crippen MR) is 52.7 cm³/mol. The van der Waals surface area contributed by atoms with Crippen molar-refractivity contribution in [3.8, 4) is 0 Å². The van der Waals surface area contributed by atoms with Gasteiger partial charge in [0.1, 0.15) is 0 Å². The van der Waals surface area contributed by atoms with E-state index in [1.165, 1.54) is 5.57 Å². The van der Waals surface area contributed by atoms with Crippen LogP contribution in [0.25, 0.3) is 0 Å². The number of halogens is 1. The zero-order valence-electron chi connectivity index (χ0n) is 6.13. The predicted octanol–water partition coefficient (Wildman–Crippen LogP) is 3.16. The third-order valence-electron chi connectivity index (χ3n) is 1.73. The summed E-state index contributed by atoms with van der Waals surface area (Å²) in [4.78, 5) is 0. The first-order chi connectivity index (χ1) is 4.52. The summed E-state index contributed by atoms with van der Waals surface area (Å²) in [6.07, 6.45) is 6.37. The van der Waals surface area contributed by atoms with Crippen LogP contribution in [0.3, 0.4) is 0 Å². The number of alkyl halides is 1. The van der Waals surface area contributed by atoms with E-state index in [0.717, 1.165) is 0 Å². The second kappa shape index (κ2) is 2.74. The van der Waals surface area contributed by atoms with Gasteiger partial charge in [0, 0.05) is 5.92 Å². The minimum absolute atomic E-state index is 0.132. The van der Waals surface area contributed by atoms with Gasteiger partial charge in [0.2, 0.25) is 0 Å². The van der Waals surface area contributed by atoms with E-state index in [9.17, 15) is 0 Å². The summed E-state index contributed by atoms with van der Waals surface area (Å²) in [5, 5.41) is 0. The maximum absolute atomic E-state index is 4.44. The molecule has 2 heteroatoms. The number of rotatable bonds is 0. The smallest absolute Gasteiger partial charge is 0.0922 e. The molecular formula is C8H11BrS. The molecule has 0 aliphatic heterocycles. The Hall–Kier alpha value is 0.310. The summed E-state index contributed by atoms with van der Waals surface area (Å²) in [5.74, 6) is 0.459. The fraction of sp³-hybridized carbons (Fsp3) is 0.500. The molecule has 0 N–H and O–H groups in total. The van der Waals surface area contributed by atoms with Gasteiger partial charge in [0.15, 0.2) is 0 Å². The van der Waals surface area contributed by atoms with Crippen molar-refractivity contribution in [3.63, 3.8) is 0 Å². The van der Waals surface area contributed by atoms with Crippen molar-refractivity contribution >= 4 is 28.6 Å². The van der Waals surface area contributed by atoms with E-state index < -0.39 is 0 Å². The Labute approximate surface area is 75.9 Å². The minimum atomic E-state index is -0.132. The Morgan fingerprint density at radius 3 is 2.70 bits per heavy atom. The molecule has 0 heterocycles. The second-order valence-electron chi connectivity index (χ2n) is 2.76. The molecule has 0 amide bonds. The highest BCUT2D eigenvalue weighted by Gasteiger charge is 2.26. The fourth-order valence-corrected chi connectivity index (χ4v) is 1.38. The van der Waals surface area contributed by atoms with Crippen molar-refractivity contribution in [2.75, 3.05) is 0 Å². The molecular weight excluding hydrogens is 208 g/mol. The molecule has 0 nitrogen and oxygen atoms in total. The van der Waals surface area contributed by atoms with E-state index in [1.807, 2.05) is 0 Å². The zero-order valence-corrected chi connectivity index (χ0v) is 8.62. The van der Waals surface area contributed by atoms with Crippen LogP contribution in [0.1, 0.15) is 13.8 Å². The largest absolute Gasteiger partial charge is 0.156 e. The molecule has 0 fully saturated rings. The molecule has 0 saturated carbocycles. The van der Waals surface area contributed by atoms with Gasteiger partial charge in [-0.2, -0.15) is 12.6 Å². The van der Waals surface area contributed by atoms with Gasteiger partial charge < -0.3 is 0 Å². The molecule has 0 aromatic rings. The summed E-state index contributed by atoms with van der Waals surface area (Å²) in [6, 6.07) is 0. The van der Waals surface area contributed by atoms with E-state index in [2.05, 4.69) is 60.6 Å². The van der Waals surface area contributed by atoms with Crippen LogP contribution in [0.15, 0.2) is 23.8 Å². The van der Waals surface area contributed by atoms with Crippen molar-refractivity contribution in [3.05, 3.63) is 23.8 Å². The molecule has 1 rings (SSSR count). The van der Waals surface area contributed by atoms with Crippen LogP contribution < -0.4 is 0 Å². The normalized spacial score (nSPS) is 39.6. The van der Waals surface area contributed by atoms with Crippen molar-refractivity contribution in [1.82, 2.24) is 0 Å². The lowest BCUT2D eigenvalue weighted by atomic mass is 9.98. The van der Waals surface area contributed by atoms with Gasteiger partial charge >= 0.3 is 0 Å². The summed E-state index contributed by atoms with van der Waals surface area (Å²) in [6.45, 7) is 4.25. The Morgan fingerprint density at radius 1 is 1.70 bits per heavy atom. The molecule has 0 saturated heterocycles. The molecule has 10 heavy (non-hydrogen) atoms. The second-order valence-corrected chi connectivity index (χ2v) is 5.43. The van der Waals surface area contributed by atoms with Crippen LogP contribution in [-0.2, 0) is 0 Å². The molecule has 0 aromatic carbocycles. The highest BCUT2D eigenvalue weighted by molar-refractivity contribution is 9.11. The van der Waals surface area contributed by atoms with Crippen molar-refractivity contribution in [2.24, 2.45) is 5.92 Å². The average Bonchev–Trinajstić information content (AvgIpc) is 1.81. The molecule has 56 valence electrons. The Kier molecular flexibility index (Phi) is 2.31.